The summed E-state index contributed by atoms with van der Waals surface area (Å²) in [6, 6.07) is 7.39. The summed E-state index contributed by atoms with van der Waals surface area (Å²) in [4.78, 5) is 2.33. The van der Waals surface area contributed by atoms with Gasteiger partial charge in [-0.25, -0.2) is 0 Å². The normalized spacial score (nSPS) is 16.6. The summed E-state index contributed by atoms with van der Waals surface area (Å²) in [5, 5.41) is 4.24. The Labute approximate surface area is 127 Å². The number of benzene rings is 1. The second-order valence-corrected chi connectivity index (χ2v) is 6.17. The van der Waals surface area contributed by atoms with Gasteiger partial charge in [-0.2, -0.15) is 0 Å². The summed E-state index contributed by atoms with van der Waals surface area (Å²) >= 11 is 6.40. The molecule has 1 saturated heterocycles. The van der Waals surface area contributed by atoms with E-state index in [1.54, 1.807) is 0 Å². The van der Waals surface area contributed by atoms with Crippen LogP contribution < -0.4 is 10.2 Å². The zero-order valence-corrected chi connectivity index (χ0v) is 13.4. The van der Waals surface area contributed by atoms with Crippen molar-refractivity contribution in [2.75, 3.05) is 25.2 Å². The van der Waals surface area contributed by atoms with Crippen molar-refractivity contribution in [3.05, 3.63) is 28.8 Å². The molecule has 1 heterocycles. The molecule has 1 aliphatic heterocycles. The van der Waals surface area contributed by atoms with Crippen LogP contribution >= 0.6 is 11.6 Å². The molecule has 0 amide bonds. The first-order valence-electron chi connectivity index (χ1n) is 7.40. The molecular weight excluding hydrogens is 272 g/mol. The minimum absolute atomic E-state index is 0.468. The molecular formula is C16H25ClN2O. The highest BCUT2D eigenvalue weighted by Gasteiger charge is 2.19. The SMILES string of the molecule is CC(C)NCc1ccc(N(C)C2CCOCC2)cc1Cl. The van der Waals surface area contributed by atoms with Gasteiger partial charge in [0.2, 0.25) is 0 Å². The lowest BCUT2D eigenvalue weighted by molar-refractivity contribution is 0.0855. The minimum atomic E-state index is 0.468. The average molecular weight is 297 g/mol. The second-order valence-electron chi connectivity index (χ2n) is 5.77. The molecule has 1 fully saturated rings. The lowest BCUT2D eigenvalue weighted by Crippen LogP contribution is -2.36. The van der Waals surface area contributed by atoms with Crippen LogP contribution in [0.2, 0.25) is 5.02 Å². The number of hydrogen-bond donors (Lipinski definition) is 1. The van der Waals surface area contributed by atoms with Crippen molar-refractivity contribution in [3.63, 3.8) is 0 Å². The zero-order valence-electron chi connectivity index (χ0n) is 12.7. The molecule has 0 aromatic heterocycles. The molecule has 20 heavy (non-hydrogen) atoms. The van der Waals surface area contributed by atoms with Crippen molar-refractivity contribution in [2.24, 2.45) is 0 Å². The predicted octanol–water partition coefficient (Wildman–Crippen LogP) is 3.45. The Hall–Kier alpha value is -0.770. The molecule has 0 radical (unpaired) electrons. The summed E-state index contributed by atoms with van der Waals surface area (Å²) in [6.45, 7) is 6.82. The predicted molar refractivity (Wildman–Crippen MR) is 85.7 cm³/mol. The fraction of sp³-hybridized carbons (Fsp3) is 0.625. The van der Waals surface area contributed by atoms with Gasteiger partial charge in [0.15, 0.2) is 0 Å². The molecule has 1 aliphatic rings. The van der Waals surface area contributed by atoms with E-state index in [9.17, 15) is 0 Å². The van der Waals surface area contributed by atoms with Crippen LogP contribution in [0.4, 0.5) is 5.69 Å². The van der Waals surface area contributed by atoms with Crippen LogP contribution in [0.15, 0.2) is 18.2 Å². The average Bonchev–Trinajstić information content (AvgIpc) is 2.46. The number of halogens is 1. The maximum atomic E-state index is 6.40. The fourth-order valence-electron chi connectivity index (χ4n) is 2.50. The molecule has 1 N–H and O–H groups in total. The van der Waals surface area contributed by atoms with Crippen LogP contribution in [0.3, 0.4) is 0 Å². The summed E-state index contributed by atoms with van der Waals surface area (Å²) in [5.74, 6) is 0. The van der Waals surface area contributed by atoms with E-state index in [2.05, 4.69) is 49.3 Å². The summed E-state index contributed by atoms with van der Waals surface area (Å²) < 4.78 is 5.42. The van der Waals surface area contributed by atoms with Crippen LogP contribution in [-0.2, 0) is 11.3 Å². The summed E-state index contributed by atoms with van der Waals surface area (Å²) in [6.07, 6.45) is 2.18. The van der Waals surface area contributed by atoms with Crippen LogP contribution in [0.5, 0.6) is 0 Å². The zero-order chi connectivity index (χ0) is 14.5. The molecule has 0 saturated carbocycles. The monoisotopic (exact) mass is 296 g/mol. The maximum Gasteiger partial charge on any atom is 0.0485 e. The van der Waals surface area contributed by atoms with Gasteiger partial charge in [0.05, 0.1) is 0 Å². The second kappa shape index (κ2) is 7.30. The highest BCUT2D eigenvalue weighted by atomic mass is 35.5. The van der Waals surface area contributed by atoms with Gasteiger partial charge in [0.25, 0.3) is 0 Å². The molecule has 4 heteroatoms. The minimum Gasteiger partial charge on any atom is -0.381 e. The lowest BCUT2D eigenvalue weighted by Gasteiger charge is -2.33. The molecule has 1 aromatic rings. The van der Waals surface area contributed by atoms with E-state index in [0.29, 0.717) is 12.1 Å². The van der Waals surface area contributed by atoms with Gasteiger partial charge in [-0.05, 0) is 30.5 Å². The Morgan fingerprint density at radius 3 is 2.65 bits per heavy atom. The van der Waals surface area contributed by atoms with Crippen molar-refractivity contribution in [1.29, 1.82) is 0 Å². The van der Waals surface area contributed by atoms with Crippen molar-refractivity contribution >= 4 is 17.3 Å². The van der Waals surface area contributed by atoms with Crippen LogP contribution in [0.1, 0.15) is 32.3 Å². The Morgan fingerprint density at radius 1 is 1.35 bits per heavy atom. The molecule has 2 rings (SSSR count). The number of ether oxygens (including phenoxy) is 1. The maximum absolute atomic E-state index is 6.40. The van der Waals surface area contributed by atoms with Gasteiger partial charge in [-0.1, -0.05) is 31.5 Å². The van der Waals surface area contributed by atoms with E-state index in [1.807, 2.05) is 0 Å². The van der Waals surface area contributed by atoms with Crippen LogP contribution in [-0.4, -0.2) is 32.3 Å². The third kappa shape index (κ3) is 4.11. The summed E-state index contributed by atoms with van der Waals surface area (Å²) in [7, 11) is 2.15. The van der Waals surface area contributed by atoms with Crippen molar-refractivity contribution in [2.45, 2.75) is 45.3 Å². The van der Waals surface area contributed by atoms with Gasteiger partial charge < -0.3 is 15.0 Å². The number of anilines is 1. The molecule has 3 nitrogen and oxygen atoms in total. The van der Waals surface area contributed by atoms with Gasteiger partial charge in [-0.15, -0.1) is 0 Å². The molecule has 0 bridgehead atoms. The third-order valence-corrected chi connectivity index (χ3v) is 4.24. The fourth-order valence-corrected chi connectivity index (χ4v) is 2.74. The standard InChI is InChI=1S/C16H25ClN2O/c1-12(2)18-11-13-4-5-15(10-16(13)17)19(3)14-6-8-20-9-7-14/h4-5,10,12,14,18H,6-9,11H2,1-3H3. The first-order valence-corrected chi connectivity index (χ1v) is 7.78. The highest BCUT2D eigenvalue weighted by Crippen LogP contribution is 2.26. The Morgan fingerprint density at radius 2 is 2.05 bits per heavy atom. The van der Waals surface area contributed by atoms with E-state index in [-0.39, 0.29) is 0 Å². The molecule has 0 spiro atoms. The smallest absolute Gasteiger partial charge is 0.0485 e. The molecule has 0 atom stereocenters. The number of nitrogens with one attached hydrogen (secondary N) is 1. The van der Waals surface area contributed by atoms with Crippen LogP contribution in [0, 0.1) is 0 Å². The van der Waals surface area contributed by atoms with Gasteiger partial charge in [-0.3, -0.25) is 0 Å². The number of nitrogens with zero attached hydrogens (tertiary/aromatic N) is 1. The quantitative estimate of drug-likeness (QED) is 0.901. The molecule has 1 aromatic carbocycles. The van der Waals surface area contributed by atoms with Gasteiger partial charge in [0.1, 0.15) is 0 Å². The summed E-state index contributed by atoms with van der Waals surface area (Å²) in [5.41, 5.74) is 2.35. The third-order valence-electron chi connectivity index (χ3n) is 3.88. The Kier molecular flexibility index (Phi) is 5.70. The largest absolute Gasteiger partial charge is 0.381 e. The number of rotatable bonds is 5. The van der Waals surface area contributed by atoms with E-state index >= 15 is 0 Å². The van der Waals surface area contributed by atoms with Crippen molar-refractivity contribution in [3.8, 4) is 0 Å². The van der Waals surface area contributed by atoms with E-state index in [1.165, 1.54) is 5.69 Å². The number of hydrogen-bond acceptors (Lipinski definition) is 3. The first kappa shape index (κ1) is 15.6. The van der Waals surface area contributed by atoms with E-state index in [4.69, 9.17) is 16.3 Å². The lowest BCUT2D eigenvalue weighted by atomic mass is 10.1. The highest BCUT2D eigenvalue weighted by molar-refractivity contribution is 6.31. The topological polar surface area (TPSA) is 24.5 Å². The van der Waals surface area contributed by atoms with Crippen molar-refractivity contribution < 1.29 is 4.74 Å². The van der Waals surface area contributed by atoms with Gasteiger partial charge in [0, 0.05) is 49.6 Å². The van der Waals surface area contributed by atoms with E-state index in [0.717, 1.165) is 43.2 Å². The first-order chi connectivity index (χ1) is 9.58. The van der Waals surface area contributed by atoms with Crippen LogP contribution in [0.25, 0.3) is 0 Å². The Bertz CT molecular complexity index is 430. The molecule has 0 unspecified atom stereocenters. The van der Waals surface area contributed by atoms with Gasteiger partial charge >= 0.3 is 0 Å². The Balaban J connectivity index is 2.03. The van der Waals surface area contributed by atoms with E-state index < -0.39 is 0 Å². The van der Waals surface area contributed by atoms with Crippen molar-refractivity contribution in [1.82, 2.24) is 5.32 Å². The molecule has 0 aliphatic carbocycles. The molecule has 112 valence electrons.